The maximum absolute atomic E-state index is 13.6. The van der Waals surface area contributed by atoms with E-state index in [2.05, 4.69) is 16.5 Å². The molecular formula is C19H19F2N3OS. The lowest BCUT2D eigenvalue weighted by atomic mass is 10.1. The Morgan fingerprint density at radius 3 is 2.77 bits per heavy atom. The van der Waals surface area contributed by atoms with Crippen molar-refractivity contribution in [2.45, 2.75) is 26.8 Å². The maximum Gasteiger partial charge on any atom is 0.224 e. The van der Waals surface area contributed by atoms with E-state index in [4.69, 9.17) is 0 Å². The Balaban J connectivity index is 1.58. The quantitative estimate of drug-likeness (QED) is 0.711. The summed E-state index contributed by atoms with van der Waals surface area (Å²) in [5.74, 6) is -1.67. The second-order valence-electron chi connectivity index (χ2n) is 6.01. The molecular weight excluding hydrogens is 356 g/mol. The van der Waals surface area contributed by atoms with Gasteiger partial charge < -0.3 is 5.32 Å². The van der Waals surface area contributed by atoms with Gasteiger partial charge in [-0.2, -0.15) is 5.10 Å². The molecule has 7 heteroatoms. The molecule has 0 unspecified atom stereocenters. The van der Waals surface area contributed by atoms with Gasteiger partial charge in [0.05, 0.1) is 18.7 Å². The molecule has 1 N–H and O–H groups in total. The molecule has 0 aliphatic heterocycles. The molecule has 0 aliphatic rings. The van der Waals surface area contributed by atoms with Gasteiger partial charge in [-0.3, -0.25) is 9.48 Å². The van der Waals surface area contributed by atoms with Gasteiger partial charge in [-0.25, -0.2) is 8.78 Å². The van der Waals surface area contributed by atoms with Crippen LogP contribution >= 0.6 is 11.3 Å². The number of carbonyl (C=O) groups excluding carboxylic acids is 1. The fourth-order valence-electron chi connectivity index (χ4n) is 2.89. The number of rotatable bonds is 6. The molecule has 0 saturated carbocycles. The Hall–Kier alpha value is -2.54. The normalized spacial score (nSPS) is 10.9. The third-order valence-electron chi connectivity index (χ3n) is 4.16. The van der Waals surface area contributed by atoms with E-state index >= 15 is 0 Å². The highest BCUT2D eigenvalue weighted by Crippen LogP contribution is 2.30. The average molecular weight is 375 g/mol. The van der Waals surface area contributed by atoms with E-state index in [0.717, 1.165) is 29.1 Å². The number of aryl methyl sites for hydroxylation is 1. The van der Waals surface area contributed by atoms with Gasteiger partial charge in [-0.1, -0.05) is 12.1 Å². The van der Waals surface area contributed by atoms with Crippen molar-refractivity contribution in [3.8, 4) is 10.4 Å². The minimum Gasteiger partial charge on any atom is -0.354 e. The first kappa shape index (κ1) is 18.3. The zero-order chi connectivity index (χ0) is 18.7. The lowest BCUT2D eigenvalue weighted by Crippen LogP contribution is -2.29. The number of halogens is 2. The van der Waals surface area contributed by atoms with E-state index in [0.29, 0.717) is 13.1 Å². The van der Waals surface area contributed by atoms with Crippen molar-refractivity contribution in [2.24, 2.45) is 0 Å². The fraction of sp³-hybridized carbons (Fsp3) is 0.263. The number of carbonyl (C=O) groups is 1. The summed E-state index contributed by atoms with van der Waals surface area (Å²) in [6.45, 7) is 4.88. The number of amides is 1. The van der Waals surface area contributed by atoms with Crippen LogP contribution in [-0.4, -0.2) is 22.2 Å². The minimum atomic E-state index is -0.709. The number of hydrogen-bond acceptors (Lipinski definition) is 3. The molecule has 4 nitrogen and oxygen atoms in total. The summed E-state index contributed by atoms with van der Waals surface area (Å²) in [5.41, 5.74) is 3.29. The van der Waals surface area contributed by atoms with Crippen LogP contribution < -0.4 is 5.32 Å². The van der Waals surface area contributed by atoms with E-state index in [1.807, 2.05) is 30.0 Å². The Morgan fingerprint density at radius 2 is 2.08 bits per heavy atom. The van der Waals surface area contributed by atoms with Gasteiger partial charge in [-0.05, 0) is 36.9 Å². The van der Waals surface area contributed by atoms with Crippen LogP contribution in [0.25, 0.3) is 10.4 Å². The zero-order valence-corrected chi connectivity index (χ0v) is 15.4. The first-order valence-corrected chi connectivity index (χ1v) is 9.12. The molecule has 0 bridgehead atoms. The predicted molar refractivity (Wildman–Crippen MR) is 98.1 cm³/mol. The molecule has 0 fully saturated rings. The molecule has 2 heterocycles. The van der Waals surface area contributed by atoms with Crippen molar-refractivity contribution in [3.63, 3.8) is 0 Å². The second kappa shape index (κ2) is 7.78. The molecule has 0 aliphatic carbocycles. The van der Waals surface area contributed by atoms with E-state index in [1.54, 1.807) is 11.3 Å². The Kier molecular flexibility index (Phi) is 5.46. The number of aromatic nitrogens is 2. The van der Waals surface area contributed by atoms with Crippen molar-refractivity contribution >= 4 is 17.2 Å². The highest BCUT2D eigenvalue weighted by atomic mass is 32.1. The van der Waals surface area contributed by atoms with Crippen molar-refractivity contribution in [3.05, 3.63) is 64.3 Å². The molecule has 136 valence electrons. The molecule has 1 aromatic carbocycles. The van der Waals surface area contributed by atoms with Crippen LogP contribution in [0.15, 0.2) is 35.7 Å². The van der Waals surface area contributed by atoms with Gasteiger partial charge in [0, 0.05) is 28.7 Å². The summed E-state index contributed by atoms with van der Waals surface area (Å²) >= 11 is 1.66. The van der Waals surface area contributed by atoms with Gasteiger partial charge in [0.1, 0.15) is 11.6 Å². The molecule has 2 aromatic heterocycles. The van der Waals surface area contributed by atoms with Crippen molar-refractivity contribution < 1.29 is 13.6 Å². The number of nitrogens with zero attached hydrogens (tertiary/aromatic N) is 2. The predicted octanol–water partition coefficient (Wildman–Crippen LogP) is 3.87. The molecule has 0 radical (unpaired) electrons. The third-order valence-corrected chi connectivity index (χ3v) is 5.05. The molecule has 3 rings (SSSR count). The summed E-state index contributed by atoms with van der Waals surface area (Å²) in [6.07, 6.45) is -0.121. The van der Waals surface area contributed by atoms with E-state index < -0.39 is 11.6 Å². The van der Waals surface area contributed by atoms with Crippen LogP contribution in [0, 0.1) is 25.5 Å². The Labute approximate surface area is 154 Å². The number of thiophene rings is 1. The van der Waals surface area contributed by atoms with Crippen LogP contribution in [0.5, 0.6) is 0 Å². The van der Waals surface area contributed by atoms with Crippen LogP contribution in [0.2, 0.25) is 0 Å². The lowest BCUT2D eigenvalue weighted by molar-refractivity contribution is -0.120. The van der Waals surface area contributed by atoms with Gasteiger partial charge in [0.15, 0.2) is 0 Å². The standard InChI is InChI=1S/C19H19F2N3OS/c1-12-19(17-4-3-9-26-17)13(2)24(23-12)8-7-22-18(25)10-14-5-6-15(20)11-16(14)21/h3-6,9,11H,7-8,10H2,1-2H3,(H,22,25). The maximum atomic E-state index is 13.6. The minimum absolute atomic E-state index is 0.121. The van der Waals surface area contributed by atoms with Crippen LogP contribution in [0.4, 0.5) is 8.78 Å². The largest absolute Gasteiger partial charge is 0.354 e. The SMILES string of the molecule is Cc1nn(CCNC(=O)Cc2ccc(F)cc2F)c(C)c1-c1cccs1. The lowest BCUT2D eigenvalue weighted by Gasteiger charge is -2.08. The van der Waals surface area contributed by atoms with Gasteiger partial charge in [-0.15, -0.1) is 11.3 Å². The fourth-order valence-corrected chi connectivity index (χ4v) is 3.77. The summed E-state index contributed by atoms with van der Waals surface area (Å²) in [5, 5.41) is 9.32. The molecule has 0 spiro atoms. The van der Waals surface area contributed by atoms with E-state index in [-0.39, 0.29) is 17.9 Å². The van der Waals surface area contributed by atoms with Crippen molar-refractivity contribution in [1.29, 1.82) is 0 Å². The highest BCUT2D eigenvalue weighted by molar-refractivity contribution is 7.13. The summed E-state index contributed by atoms with van der Waals surface area (Å²) in [6, 6.07) is 7.28. The summed E-state index contributed by atoms with van der Waals surface area (Å²) < 4.78 is 28.4. The van der Waals surface area contributed by atoms with Crippen LogP contribution in [0.1, 0.15) is 17.0 Å². The average Bonchev–Trinajstić information content (AvgIpc) is 3.19. The van der Waals surface area contributed by atoms with Crippen molar-refractivity contribution in [1.82, 2.24) is 15.1 Å². The zero-order valence-electron chi connectivity index (χ0n) is 14.6. The topological polar surface area (TPSA) is 46.9 Å². The third kappa shape index (κ3) is 3.99. The molecule has 1 amide bonds. The molecule has 3 aromatic rings. The second-order valence-corrected chi connectivity index (χ2v) is 6.96. The number of benzene rings is 1. The van der Waals surface area contributed by atoms with Crippen LogP contribution in [-0.2, 0) is 17.8 Å². The first-order chi connectivity index (χ1) is 12.5. The van der Waals surface area contributed by atoms with Gasteiger partial charge >= 0.3 is 0 Å². The molecule has 0 saturated heterocycles. The Bertz CT molecular complexity index is 919. The van der Waals surface area contributed by atoms with Gasteiger partial charge in [0.2, 0.25) is 5.91 Å². The van der Waals surface area contributed by atoms with Crippen LogP contribution in [0.3, 0.4) is 0 Å². The Morgan fingerprint density at radius 1 is 1.27 bits per heavy atom. The number of nitrogens with one attached hydrogen (secondary N) is 1. The highest BCUT2D eigenvalue weighted by Gasteiger charge is 2.14. The monoisotopic (exact) mass is 375 g/mol. The first-order valence-electron chi connectivity index (χ1n) is 8.24. The van der Waals surface area contributed by atoms with E-state index in [1.165, 1.54) is 10.9 Å². The van der Waals surface area contributed by atoms with E-state index in [9.17, 15) is 13.6 Å². The van der Waals surface area contributed by atoms with Gasteiger partial charge in [0.25, 0.3) is 0 Å². The van der Waals surface area contributed by atoms with Crippen molar-refractivity contribution in [2.75, 3.05) is 6.54 Å². The molecule has 0 atom stereocenters. The number of hydrogen-bond donors (Lipinski definition) is 1. The smallest absolute Gasteiger partial charge is 0.224 e. The molecule has 26 heavy (non-hydrogen) atoms. The summed E-state index contributed by atoms with van der Waals surface area (Å²) in [4.78, 5) is 13.2. The summed E-state index contributed by atoms with van der Waals surface area (Å²) in [7, 11) is 0.